The van der Waals surface area contributed by atoms with Crippen LogP contribution in [-0.4, -0.2) is 54.3 Å². The van der Waals surface area contributed by atoms with Crippen LogP contribution in [0.2, 0.25) is 5.02 Å². The van der Waals surface area contributed by atoms with Gasteiger partial charge in [-0.05, 0) is 23.8 Å². The Morgan fingerprint density at radius 1 is 1.52 bits per heavy atom. The number of methoxy groups -OCH3 is 1. The molecule has 0 fully saturated rings. The number of carbonyl (C=O) groups is 1. The Bertz CT molecular complexity index is 626. The fraction of sp³-hybridized carbons (Fsp3) is 0.400. The summed E-state index contributed by atoms with van der Waals surface area (Å²) in [7, 11) is 3.18. The van der Waals surface area contributed by atoms with Crippen molar-refractivity contribution in [3.8, 4) is 0 Å². The van der Waals surface area contributed by atoms with Crippen molar-refractivity contribution >= 4 is 28.4 Å². The van der Waals surface area contributed by atoms with E-state index in [0.717, 1.165) is 16.5 Å². The Hall–Kier alpha value is -1.56. The average Bonchev–Trinajstić information content (AvgIpc) is 2.81. The van der Waals surface area contributed by atoms with Gasteiger partial charge < -0.3 is 19.7 Å². The summed E-state index contributed by atoms with van der Waals surface area (Å²) >= 11 is 5.99. The molecule has 0 aliphatic heterocycles. The number of aliphatic hydroxyl groups excluding tert-OH is 1. The van der Waals surface area contributed by atoms with Crippen molar-refractivity contribution in [3.63, 3.8) is 0 Å². The first-order valence-corrected chi connectivity index (χ1v) is 7.05. The Morgan fingerprint density at radius 3 is 3.00 bits per heavy atom. The second kappa shape index (κ2) is 6.93. The van der Waals surface area contributed by atoms with Gasteiger partial charge in [-0.15, -0.1) is 0 Å². The average molecular weight is 311 g/mol. The second-order valence-corrected chi connectivity index (χ2v) is 5.50. The first-order valence-electron chi connectivity index (χ1n) is 6.67. The van der Waals surface area contributed by atoms with E-state index < -0.39 is 6.10 Å². The van der Waals surface area contributed by atoms with Crippen molar-refractivity contribution < 1.29 is 14.6 Å². The first kappa shape index (κ1) is 15.8. The highest BCUT2D eigenvalue weighted by Gasteiger charge is 2.16. The normalized spacial score (nSPS) is 12.6. The van der Waals surface area contributed by atoms with Gasteiger partial charge in [0, 0.05) is 42.8 Å². The number of hydrogen-bond donors (Lipinski definition) is 2. The monoisotopic (exact) mass is 310 g/mol. The molecule has 21 heavy (non-hydrogen) atoms. The van der Waals surface area contributed by atoms with Crippen molar-refractivity contribution in [2.24, 2.45) is 0 Å². The molecular formula is C15H19ClN2O3. The molecule has 6 heteroatoms. The zero-order valence-electron chi connectivity index (χ0n) is 12.1. The van der Waals surface area contributed by atoms with Crippen LogP contribution in [0.5, 0.6) is 0 Å². The molecule has 1 aromatic carbocycles. The lowest BCUT2D eigenvalue weighted by Gasteiger charge is -2.20. The number of aromatic amines is 1. The van der Waals surface area contributed by atoms with E-state index in [9.17, 15) is 9.90 Å². The summed E-state index contributed by atoms with van der Waals surface area (Å²) in [6, 6.07) is 5.53. The molecule has 0 radical (unpaired) electrons. The number of nitrogens with zero attached hydrogens (tertiary/aromatic N) is 1. The van der Waals surface area contributed by atoms with Gasteiger partial charge in [0.25, 0.3) is 0 Å². The van der Waals surface area contributed by atoms with E-state index in [-0.39, 0.29) is 25.5 Å². The highest BCUT2D eigenvalue weighted by Crippen LogP contribution is 2.23. The van der Waals surface area contributed by atoms with Crippen LogP contribution in [0.3, 0.4) is 0 Å². The molecule has 2 aromatic rings. The molecule has 0 saturated heterocycles. The molecule has 0 aliphatic rings. The third-order valence-electron chi connectivity index (χ3n) is 3.34. The molecule has 1 atom stereocenters. The maximum atomic E-state index is 12.2. The lowest BCUT2D eigenvalue weighted by atomic mass is 10.1. The van der Waals surface area contributed by atoms with E-state index in [1.807, 2.05) is 18.3 Å². The molecule has 2 rings (SSSR count). The van der Waals surface area contributed by atoms with Gasteiger partial charge in [-0.3, -0.25) is 4.79 Å². The molecule has 1 aromatic heterocycles. The van der Waals surface area contributed by atoms with E-state index in [1.165, 1.54) is 12.0 Å². The number of nitrogens with one attached hydrogen (secondary N) is 1. The predicted molar refractivity (Wildman–Crippen MR) is 82.5 cm³/mol. The summed E-state index contributed by atoms with van der Waals surface area (Å²) in [5.41, 5.74) is 1.84. The third kappa shape index (κ3) is 3.97. The van der Waals surface area contributed by atoms with Gasteiger partial charge in [-0.2, -0.15) is 0 Å². The number of fused-ring (bicyclic) bond motifs is 1. The van der Waals surface area contributed by atoms with E-state index >= 15 is 0 Å². The van der Waals surface area contributed by atoms with E-state index in [0.29, 0.717) is 5.02 Å². The Labute approximate surface area is 128 Å². The topological polar surface area (TPSA) is 65.6 Å². The quantitative estimate of drug-likeness (QED) is 0.855. The zero-order chi connectivity index (χ0) is 15.4. The highest BCUT2D eigenvalue weighted by molar-refractivity contribution is 6.31. The van der Waals surface area contributed by atoms with Crippen LogP contribution in [0.4, 0.5) is 0 Å². The minimum absolute atomic E-state index is 0.0639. The number of carbonyl (C=O) groups excluding carboxylic acids is 1. The van der Waals surface area contributed by atoms with Crippen molar-refractivity contribution in [1.29, 1.82) is 0 Å². The molecule has 0 spiro atoms. The number of ether oxygens (including phenoxy) is 1. The van der Waals surface area contributed by atoms with Crippen LogP contribution >= 0.6 is 11.6 Å². The summed E-state index contributed by atoms with van der Waals surface area (Å²) in [5, 5.41) is 11.2. The Kier molecular flexibility index (Phi) is 5.22. The van der Waals surface area contributed by atoms with Crippen LogP contribution in [0.25, 0.3) is 10.9 Å². The van der Waals surface area contributed by atoms with Crippen molar-refractivity contribution in [2.45, 2.75) is 12.5 Å². The fourth-order valence-electron chi connectivity index (χ4n) is 2.26. The minimum Gasteiger partial charge on any atom is -0.389 e. The number of aromatic nitrogens is 1. The van der Waals surface area contributed by atoms with Gasteiger partial charge >= 0.3 is 0 Å². The predicted octanol–water partition coefficient (Wildman–Crippen LogP) is 1.83. The smallest absolute Gasteiger partial charge is 0.226 e. The number of benzene rings is 1. The van der Waals surface area contributed by atoms with Gasteiger partial charge in [0.1, 0.15) is 0 Å². The van der Waals surface area contributed by atoms with Crippen molar-refractivity contribution in [3.05, 3.63) is 35.0 Å². The van der Waals surface area contributed by atoms with Crippen LogP contribution < -0.4 is 0 Å². The maximum Gasteiger partial charge on any atom is 0.226 e. The first-order chi connectivity index (χ1) is 10.0. The molecule has 0 aliphatic carbocycles. The van der Waals surface area contributed by atoms with Gasteiger partial charge in [-0.1, -0.05) is 11.6 Å². The molecule has 1 amide bonds. The van der Waals surface area contributed by atoms with Crippen LogP contribution in [0, 0.1) is 0 Å². The van der Waals surface area contributed by atoms with E-state index in [2.05, 4.69) is 4.98 Å². The standard InChI is InChI=1S/C15H19ClN2O3/c1-18(8-12(19)9-21-2)15(20)5-10-7-17-14-4-3-11(16)6-13(10)14/h3-4,6-7,12,17,19H,5,8-9H2,1-2H3. The Morgan fingerprint density at radius 2 is 2.29 bits per heavy atom. The van der Waals surface area contributed by atoms with Crippen LogP contribution in [0.15, 0.2) is 24.4 Å². The highest BCUT2D eigenvalue weighted by atomic mass is 35.5. The summed E-state index contributed by atoms with van der Waals surface area (Å²) < 4.78 is 4.85. The third-order valence-corrected chi connectivity index (χ3v) is 3.58. The molecule has 1 unspecified atom stereocenters. The van der Waals surface area contributed by atoms with Crippen LogP contribution in [-0.2, 0) is 16.0 Å². The molecule has 0 saturated carbocycles. The van der Waals surface area contributed by atoms with Gasteiger partial charge in [0.15, 0.2) is 0 Å². The molecular weight excluding hydrogens is 292 g/mol. The van der Waals surface area contributed by atoms with Gasteiger partial charge in [0.2, 0.25) is 5.91 Å². The van der Waals surface area contributed by atoms with Crippen LogP contribution in [0.1, 0.15) is 5.56 Å². The summed E-state index contributed by atoms with van der Waals surface area (Å²) in [5.74, 6) is -0.0639. The van der Waals surface area contributed by atoms with Gasteiger partial charge in [0.05, 0.1) is 19.1 Å². The maximum absolute atomic E-state index is 12.2. The molecule has 0 bridgehead atoms. The van der Waals surface area contributed by atoms with E-state index in [1.54, 1.807) is 13.1 Å². The number of halogens is 1. The lowest BCUT2D eigenvalue weighted by molar-refractivity contribution is -0.130. The number of hydrogen-bond acceptors (Lipinski definition) is 3. The molecule has 5 nitrogen and oxygen atoms in total. The molecule has 114 valence electrons. The van der Waals surface area contributed by atoms with Gasteiger partial charge in [-0.25, -0.2) is 0 Å². The Balaban J connectivity index is 2.05. The SMILES string of the molecule is COCC(O)CN(C)C(=O)Cc1c[nH]c2ccc(Cl)cc12. The second-order valence-electron chi connectivity index (χ2n) is 5.06. The molecule has 2 N–H and O–H groups in total. The van der Waals surface area contributed by atoms with E-state index in [4.69, 9.17) is 16.3 Å². The summed E-state index contributed by atoms with van der Waals surface area (Å²) in [4.78, 5) is 16.8. The number of rotatable bonds is 6. The zero-order valence-corrected chi connectivity index (χ0v) is 12.9. The number of amides is 1. The van der Waals surface area contributed by atoms with Crippen molar-refractivity contribution in [1.82, 2.24) is 9.88 Å². The number of likely N-dealkylation sites (N-methyl/N-ethyl adjacent to an activating group) is 1. The number of aliphatic hydroxyl groups is 1. The summed E-state index contributed by atoms with van der Waals surface area (Å²) in [6.07, 6.45) is 1.40. The lowest BCUT2D eigenvalue weighted by Crippen LogP contribution is -2.37. The largest absolute Gasteiger partial charge is 0.389 e. The summed E-state index contributed by atoms with van der Waals surface area (Å²) in [6.45, 7) is 0.454. The number of H-pyrrole nitrogens is 1. The molecule has 1 heterocycles. The fourth-order valence-corrected chi connectivity index (χ4v) is 2.43. The van der Waals surface area contributed by atoms with Crippen molar-refractivity contribution in [2.75, 3.05) is 27.3 Å². The minimum atomic E-state index is -0.679.